The lowest BCUT2D eigenvalue weighted by molar-refractivity contribution is 0.102. The number of methoxy groups -OCH3 is 1. The molecule has 0 aliphatic rings. The zero-order valence-corrected chi connectivity index (χ0v) is 17.1. The van der Waals surface area contributed by atoms with Crippen LogP contribution in [0.15, 0.2) is 95.4 Å². The molecule has 5 aromatic rings. The van der Waals surface area contributed by atoms with Gasteiger partial charge in [-0.3, -0.25) is 4.79 Å². The highest BCUT2D eigenvalue weighted by molar-refractivity contribution is 6.10. The van der Waals surface area contributed by atoms with E-state index in [9.17, 15) is 4.79 Å². The van der Waals surface area contributed by atoms with Crippen molar-refractivity contribution in [2.45, 2.75) is 6.42 Å². The van der Waals surface area contributed by atoms with Crippen LogP contribution in [0, 0.1) is 0 Å². The molecule has 4 nitrogen and oxygen atoms in total. The van der Waals surface area contributed by atoms with Gasteiger partial charge in [0.05, 0.1) is 12.8 Å². The van der Waals surface area contributed by atoms with Crippen LogP contribution in [0.4, 0.5) is 5.69 Å². The molecular formula is C27H21NO3. The molecule has 0 bridgehead atoms. The highest BCUT2D eigenvalue weighted by atomic mass is 16.5. The van der Waals surface area contributed by atoms with Gasteiger partial charge in [0.15, 0.2) is 0 Å². The summed E-state index contributed by atoms with van der Waals surface area (Å²) in [5.74, 6) is 0.410. The van der Waals surface area contributed by atoms with Gasteiger partial charge in [-0.2, -0.15) is 0 Å². The molecule has 1 aromatic heterocycles. The molecule has 1 N–H and O–H groups in total. The molecule has 0 radical (unpaired) electrons. The first-order valence-electron chi connectivity index (χ1n) is 10.2. The summed E-state index contributed by atoms with van der Waals surface area (Å²) >= 11 is 0. The van der Waals surface area contributed by atoms with Crippen LogP contribution in [0.1, 0.15) is 21.5 Å². The van der Waals surface area contributed by atoms with Crippen LogP contribution < -0.4 is 10.1 Å². The highest BCUT2D eigenvalue weighted by Gasteiger charge is 2.17. The first-order chi connectivity index (χ1) is 15.2. The summed E-state index contributed by atoms with van der Waals surface area (Å²) in [6, 6.07) is 29.4. The molecule has 0 saturated heterocycles. The number of ether oxygens (including phenoxy) is 1. The second-order valence-electron chi connectivity index (χ2n) is 7.42. The molecule has 1 amide bonds. The molecule has 0 aliphatic carbocycles. The van der Waals surface area contributed by atoms with E-state index < -0.39 is 0 Å². The van der Waals surface area contributed by atoms with E-state index in [0.717, 1.165) is 27.5 Å². The third kappa shape index (κ3) is 3.64. The topological polar surface area (TPSA) is 51.5 Å². The van der Waals surface area contributed by atoms with Crippen molar-refractivity contribution in [3.63, 3.8) is 0 Å². The van der Waals surface area contributed by atoms with E-state index in [1.165, 1.54) is 0 Å². The zero-order valence-electron chi connectivity index (χ0n) is 17.1. The summed E-state index contributed by atoms with van der Waals surface area (Å²) < 4.78 is 11.6. The number of fused-ring (bicyclic) bond motifs is 3. The molecule has 31 heavy (non-hydrogen) atoms. The van der Waals surface area contributed by atoms with Crippen LogP contribution in [-0.4, -0.2) is 13.0 Å². The number of hydrogen-bond acceptors (Lipinski definition) is 3. The summed E-state index contributed by atoms with van der Waals surface area (Å²) in [6.07, 6.45) is 0.685. The van der Waals surface area contributed by atoms with Crippen molar-refractivity contribution < 1.29 is 13.9 Å². The second-order valence-corrected chi connectivity index (χ2v) is 7.42. The quantitative estimate of drug-likeness (QED) is 0.365. The van der Waals surface area contributed by atoms with Crippen LogP contribution in [0.2, 0.25) is 0 Å². The lowest BCUT2D eigenvalue weighted by Crippen LogP contribution is -2.15. The first kappa shape index (κ1) is 18.9. The lowest BCUT2D eigenvalue weighted by atomic mass is 9.99. The molecule has 4 aromatic carbocycles. The summed E-state index contributed by atoms with van der Waals surface area (Å²) in [7, 11) is 1.60. The fourth-order valence-electron chi connectivity index (χ4n) is 3.92. The molecule has 0 unspecified atom stereocenters. The summed E-state index contributed by atoms with van der Waals surface area (Å²) in [5, 5.41) is 4.99. The number of hydrogen-bond donors (Lipinski definition) is 1. The average molecular weight is 407 g/mol. The third-order valence-electron chi connectivity index (χ3n) is 5.45. The molecule has 0 spiro atoms. The van der Waals surface area contributed by atoms with E-state index in [1.54, 1.807) is 7.11 Å². The van der Waals surface area contributed by atoms with Gasteiger partial charge < -0.3 is 14.5 Å². The molecule has 0 atom stereocenters. The molecule has 0 saturated carbocycles. The van der Waals surface area contributed by atoms with Crippen LogP contribution in [0.25, 0.3) is 21.9 Å². The van der Waals surface area contributed by atoms with Gasteiger partial charge >= 0.3 is 0 Å². The Morgan fingerprint density at radius 2 is 1.58 bits per heavy atom. The standard InChI is InChI=1S/C27H21NO3/c1-30-26-16-22-21-13-7-8-14-24(21)31-25(22)17-23(26)28-27(29)20-12-6-5-11-19(20)15-18-9-3-2-4-10-18/h2-14,16-17H,15H2,1H3,(H,28,29). The smallest absolute Gasteiger partial charge is 0.256 e. The minimum absolute atomic E-state index is 0.180. The largest absolute Gasteiger partial charge is 0.495 e. The van der Waals surface area contributed by atoms with Gasteiger partial charge in [0.1, 0.15) is 16.9 Å². The number of nitrogens with one attached hydrogen (secondary N) is 1. The van der Waals surface area contributed by atoms with Crippen LogP contribution in [0.3, 0.4) is 0 Å². The number of carbonyl (C=O) groups excluding carboxylic acids is 1. The van der Waals surface area contributed by atoms with Gasteiger partial charge in [0, 0.05) is 22.4 Å². The maximum Gasteiger partial charge on any atom is 0.256 e. The monoisotopic (exact) mass is 407 g/mol. The molecule has 5 rings (SSSR count). The van der Waals surface area contributed by atoms with Gasteiger partial charge in [0.2, 0.25) is 0 Å². The van der Waals surface area contributed by atoms with E-state index in [2.05, 4.69) is 17.4 Å². The number of benzene rings is 4. The number of furan rings is 1. The number of carbonyl (C=O) groups is 1. The van der Waals surface area contributed by atoms with Crippen molar-refractivity contribution in [3.05, 3.63) is 108 Å². The SMILES string of the molecule is COc1cc2c(cc1NC(=O)c1ccccc1Cc1ccccc1)oc1ccccc12. The van der Waals surface area contributed by atoms with Crippen molar-refractivity contribution >= 4 is 33.5 Å². The molecule has 1 heterocycles. The van der Waals surface area contributed by atoms with Crippen molar-refractivity contribution in [2.75, 3.05) is 12.4 Å². The average Bonchev–Trinajstić information content (AvgIpc) is 3.17. The van der Waals surface area contributed by atoms with Gasteiger partial charge in [-0.15, -0.1) is 0 Å². The molecule has 0 aliphatic heterocycles. The third-order valence-corrected chi connectivity index (χ3v) is 5.45. The number of para-hydroxylation sites is 1. The van der Waals surface area contributed by atoms with Gasteiger partial charge in [-0.1, -0.05) is 66.7 Å². The molecule has 0 fully saturated rings. The maximum atomic E-state index is 13.2. The van der Waals surface area contributed by atoms with Crippen LogP contribution in [0.5, 0.6) is 5.75 Å². The number of anilines is 1. The van der Waals surface area contributed by atoms with E-state index in [4.69, 9.17) is 9.15 Å². The van der Waals surface area contributed by atoms with Crippen molar-refractivity contribution in [1.82, 2.24) is 0 Å². The Balaban J connectivity index is 1.50. The fourth-order valence-corrected chi connectivity index (χ4v) is 3.92. The number of amides is 1. The van der Waals surface area contributed by atoms with E-state index >= 15 is 0 Å². The van der Waals surface area contributed by atoms with Gasteiger partial charge in [-0.25, -0.2) is 0 Å². The zero-order chi connectivity index (χ0) is 21.2. The van der Waals surface area contributed by atoms with E-state index in [1.807, 2.05) is 78.9 Å². The minimum atomic E-state index is -0.180. The maximum absolute atomic E-state index is 13.2. The van der Waals surface area contributed by atoms with Crippen LogP contribution >= 0.6 is 0 Å². The summed E-state index contributed by atoms with van der Waals surface area (Å²) in [6.45, 7) is 0. The highest BCUT2D eigenvalue weighted by Crippen LogP contribution is 2.36. The van der Waals surface area contributed by atoms with Gasteiger partial charge in [0.25, 0.3) is 5.91 Å². The van der Waals surface area contributed by atoms with Crippen molar-refractivity contribution in [3.8, 4) is 5.75 Å². The summed E-state index contributed by atoms with van der Waals surface area (Å²) in [4.78, 5) is 13.2. The second kappa shape index (κ2) is 8.00. The summed E-state index contributed by atoms with van der Waals surface area (Å²) in [5.41, 5.74) is 4.84. The lowest BCUT2D eigenvalue weighted by Gasteiger charge is -2.13. The molecular weight excluding hydrogens is 386 g/mol. The Kier molecular flexibility index (Phi) is 4.89. The van der Waals surface area contributed by atoms with Crippen molar-refractivity contribution in [1.29, 1.82) is 0 Å². The predicted octanol–water partition coefficient (Wildman–Crippen LogP) is 6.44. The van der Waals surface area contributed by atoms with E-state index in [-0.39, 0.29) is 5.91 Å². The Morgan fingerprint density at radius 3 is 2.42 bits per heavy atom. The Morgan fingerprint density at radius 1 is 0.839 bits per heavy atom. The molecule has 152 valence electrons. The molecule has 4 heteroatoms. The fraction of sp³-hybridized carbons (Fsp3) is 0.0741. The minimum Gasteiger partial charge on any atom is -0.495 e. The Labute approximate surface area is 180 Å². The normalized spacial score (nSPS) is 11.0. The van der Waals surface area contributed by atoms with Crippen LogP contribution in [-0.2, 0) is 6.42 Å². The van der Waals surface area contributed by atoms with Crippen molar-refractivity contribution in [2.24, 2.45) is 0 Å². The Bertz CT molecular complexity index is 1390. The number of rotatable bonds is 5. The predicted molar refractivity (Wildman–Crippen MR) is 124 cm³/mol. The Hall–Kier alpha value is -4.05. The van der Waals surface area contributed by atoms with Gasteiger partial charge in [-0.05, 0) is 35.7 Å². The first-order valence-corrected chi connectivity index (χ1v) is 10.2. The van der Waals surface area contributed by atoms with E-state index in [0.29, 0.717) is 29.0 Å².